The molecular formula is C15H16O3. The molecule has 0 amide bonds. The van der Waals surface area contributed by atoms with Crippen LogP contribution in [0, 0.1) is 6.92 Å². The zero-order chi connectivity index (χ0) is 13.1. The Balaban J connectivity index is 2.52. The first-order chi connectivity index (χ1) is 8.65. The molecule has 2 aromatic carbocycles. The molecule has 0 aliphatic rings. The molecule has 94 valence electrons. The molecule has 0 radical (unpaired) electrons. The number of methoxy groups -OCH3 is 2. The van der Waals surface area contributed by atoms with Crippen molar-refractivity contribution in [2.75, 3.05) is 14.2 Å². The molecule has 0 heterocycles. The van der Waals surface area contributed by atoms with E-state index >= 15 is 0 Å². The van der Waals surface area contributed by atoms with E-state index in [-0.39, 0.29) is 5.75 Å². The van der Waals surface area contributed by atoms with Crippen LogP contribution in [0.25, 0.3) is 11.1 Å². The van der Waals surface area contributed by atoms with Crippen molar-refractivity contribution < 1.29 is 14.6 Å². The second-order valence-electron chi connectivity index (χ2n) is 4.07. The van der Waals surface area contributed by atoms with Crippen molar-refractivity contribution >= 4 is 0 Å². The third-order valence-electron chi connectivity index (χ3n) is 2.93. The lowest BCUT2D eigenvalue weighted by Gasteiger charge is -2.11. The fourth-order valence-electron chi connectivity index (χ4n) is 1.81. The maximum absolute atomic E-state index is 9.76. The Morgan fingerprint density at radius 1 is 0.944 bits per heavy atom. The minimum Gasteiger partial charge on any atom is -0.508 e. The molecule has 18 heavy (non-hydrogen) atoms. The van der Waals surface area contributed by atoms with Crippen LogP contribution in [0.4, 0.5) is 0 Å². The average molecular weight is 244 g/mol. The van der Waals surface area contributed by atoms with Crippen LogP contribution in [-0.4, -0.2) is 19.3 Å². The van der Waals surface area contributed by atoms with Gasteiger partial charge >= 0.3 is 0 Å². The smallest absolute Gasteiger partial charge is 0.130 e. The van der Waals surface area contributed by atoms with Gasteiger partial charge in [-0.2, -0.15) is 0 Å². The molecule has 3 nitrogen and oxygen atoms in total. The fraction of sp³-hybridized carbons (Fsp3) is 0.200. The number of rotatable bonds is 3. The first-order valence-electron chi connectivity index (χ1n) is 5.67. The van der Waals surface area contributed by atoms with Crippen molar-refractivity contribution in [3.8, 4) is 28.4 Å². The van der Waals surface area contributed by atoms with Gasteiger partial charge in [0.05, 0.1) is 14.2 Å². The van der Waals surface area contributed by atoms with Gasteiger partial charge in [-0.3, -0.25) is 0 Å². The van der Waals surface area contributed by atoms with E-state index in [0.29, 0.717) is 0 Å². The molecule has 0 saturated carbocycles. The molecular weight excluding hydrogens is 228 g/mol. The van der Waals surface area contributed by atoms with Crippen molar-refractivity contribution in [2.24, 2.45) is 0 Å². The summed E-state index contributed by atoms with van der Waals surface area (Å²) in [6, 6.07) is 11.2. The van der Waals surface area contributed by atoms with Crippen LogP contribution in [-0.2, 0) is 0 Å². The van der Waals surface area contributed by atoms with Gasteiger partial charge in [-0.25, -0.2) is 0 Å². The summed E-state index contributed by atoms with van der Waals surface area (Å²) in [7, 11) is 3.23. The van der Waals surface area contributed by atoms with E-state index < -0.39 is 0 Å². The number of aryl methyl sites for hydroxylation is 1. The average Bonchev–Trinajstić information content (AvgIpc) is 2.41. The van der Waals surface area contributed by atoms with Crippen molar-refractivity contribution in [2.45, 2.75) is 6.92 Å². The Morgan fingerprint density at radius 3 is 2.33 bits per heavy atom. The molecule has 3 heteroatoms. The van der Waals surface area contributed by atoms with Crippen LogP contribution >= 0.6 is 0 Å². The minimum absolute atomic E-state index is 0.283. The van der Waals surface area contributed by atoms with E-state index in [1.165, 1.54) is 0 Å². The largest absolute Gasteiger partial charge is 0.508 e. The highest BCUT2D eigenvalue weighted by Gasteiger charge is 2.08. The van der Waals surface area contributed by atoms with Crippen molar-refractivity contribution in [3.63, 3.8) is 0 Å². The lowest BCUT2D eigenvalue weighted by Crippen LogP contribution is -1.90. The number of benzene rings is 2. The summed E-state index contributed by atoms with van der Waals surface area (Å²) in [5, 5.41) is 9.76. The number of aromatic hydroxyl groups is 1. The van der Waals surface area contributed by atoms with Crippen LogP contribution in [0.2, 0.25) is 0 Å². The number of phenolic OH excluding ortho intramolecular Hbond substituents is 1. The molecule has 0 aliphatic carbocycles. The monoisotopic (exact) mass is 244 g/mol. The summed E-state index contributed by atoms with van der Waals surface area (Å²) < 4.78 is 10.5. The van der Waals surface area contributed by atoms with Gasteiger partial charge in [-0.1, -0.05) is 12.1 Å². The van der Waals surface area contributed by atoms with Gasteiger partial charge in [0.15, 0.2) is 0 Å². The summed E-state index contributed by atoms with van der Waals surface area (Å²) in [4.78, 5) is 0. The van der Waals surface area contributed by atoms with Gasteiger partial charge in [-0.15, -0.1) is 0 Å². The quantitative estimate of drug-likeness (QED) is 0.899. The lowest BCUT2D eigenvalue weighted by atomic mass is 10.0. The highest BCUT2D eigenvalue weighted by Crippen LogP contribution is 2.35. The third kappa shape index (κ3) is 2.25. The SMILES string of the molecule is COc1ccc(-c2ccc(C)c(O)c2)c(OC)c1. The number of hydrogen-bond donors (Lipinski definition) is 1. The van der Waals surface area contributed by atoms with Crippen LogP contribution in [0.5, 0.6) is 17.2 Å². The Labute approximate surface area is 107 Å². The maximum atomic E-state index is 9.76. The van der Waals surface area contributed by atoms with Crippen LogP contribution in [0.3, 0.4) is 0 Å². The molecule has 2 aromatic rings. The Hall–Kier alpha value is -2.16. The molecule has 0 spiro atoms. The van der Waals surface area contributed by atoms with Crippen molar-refractivity contribution in [1.29, 1.82) is 0 Å². The first-order valence-corrected chi connectivity index (χ1v) is 5.67. The maximum Gasteiger partial charge on any atom is 0.130 e. The first kappa shape index (κ1) is 12.3. The number of ether oxygens (including phenoxy) is 2. The molecule has 0 saturated heterocycles. The van der Waals surface area contributed by atoms with E-state index in [2.05, 4.69) is 0 Å². The second-order valence-corrected chi connectivity index (χ2v) is 4.07. The van der Waals surface area contributed by atoms with Crippen LogP contribution in [0.15, 0.2) is 36.4 Å². The highest BCUT2D eigenvalue weighted by atomic mass is 16.5. The summed E-state index contributed by atoms with van der Waals surface area (Å²) in [6.07, 6.45) is 0. The number of hydrogen-bond acceptors (Lipinski definition) is 3. The normalized spacial score (nSPS) is 10.2. The van der Waals surface area contributed by atoms with E-state index in [0.717, 1.165) is 28.2 Å². The van der Waals surface area contributed by atoms with Crippen molar-refractivity contribution in [1.82, 2.24) is 0 Å². The molecule has 0 aromatic heterocycles. The van der Waals surface area contributed by atoms with E-state index in [9.17, 15) is 5.11 Å². The Morgan fingerprint density at radius 2 is 1.72 bits per heavy atom. The predicted octanol–water partition coefficient (Wildman–Crippen LogP) is 3.38. The number of phenols is 1. The van der Waals surface area contributed by atoms with Gasteiger partial charge in [0, 0.05) is 11.6 Å². The standard InChI is InChI=1S/C15H16O3/c1-10-4-5-11(8-14(10)16)13-7-6-12(17-2)9-15(13)18-3/h4-9,16H,1-3H3. The zero-order valence-corrected chi connectivity index (χ0v) is 10.7. The predicted molar refractivity (Wildman–Crippen MR) is 71.4 cm³/mol. The molecule has 1 N–H and O–H groups in total. The van der Waals surface area contributed by atoms with E-state index in [1.54, 1.807) is 20.3 Å². The van der Waals surface area contributed by atoms with Gasteiger partial charge < -0.3 is 14.6 Å². The highest BCUT2D eigenvalue weighted by molar-refractivity contribution is 5.73. The van der Waals surface area contributed by atoms with Crippen molar-refractivity contribution in [3.05, 3.63) is 42.0 Å². The summed E-state index contributed by atoms with van der Waals surface area (Å²) in [6.45, 7) is 1.87. The lowest BCUT2D eigenvalue weighted by molar-refractivity contribution is 0.395. The minimum atomic E-state index is 0.283. The van der Waals surface area contributed by atoms with Crippen LogP contribution in [0.1, 0.15) is 5.56 Å². The topological polar surface area (TPSA) is 38.7 Å². The van der Waals surface area contributed by atoms with Gasteiger partial charge in [0.2, 0.25) is 0 Å². The Bertz CT molecular complexity index is 562. The van der Waals surface area contributed by atoms with E-state index in [4.69, 9.17) is 9.47 Å². The summed E-state index contributed by atoms with van der Waals surface area (Å²) in [5.74, 6) is 1.75. The molecule has 2 rings (SSSR count). The molecule has 0 aliphatic heterocycles. The second kappa shape index (κ2) is 5.00. The molecule has 0 atom stereocenters. The van der Waals surface area contributed by atoms with Gasteiger partial charge in [-0.05, 0) is 36.2 Å². The summed E-state index contributed by atoms with van der Waals surface area (Å²) in [5.41, 5.74) is 2.69. The molecule has 0 fully saturated rings. The summed E-state index contributed by atoms with van der Waals surface area (Å²) >= 11 is 0. The van der Waals surface area contributed by atoms with Crippen LogP contribution < -0.4 is 9.47 Å². The zero-order valence-electron chi connectivity index (χ0n) is 10.7. The molecule has 0 bridgehead atoms. The molecule has 0 unspecified atom stereocenters. The van der Waals surface area contributed by atoms with Gasteiger partial charge in [0.25, 0.3) is 0 Å². The Kier molecular flexibility index (Phi) is 3.42. The fourth-order valence-corrected chi connectivity index (χ4v) is 1.81. The van der Waals surface area contributed by atoms with E-state index in [1.807, 2.05) is 37.3 Å². The van der Waals surface area contributed by atoms with Gasteiger partial charge in [0.1, 0.15) is 17.2 Å². The third-order valence-corrected chi connectivity index (χ3v) is 2.93.